The van der Waals surface area contributed by atoms with E-state index in [4.69, 9.17) is 0 Å². The maximum absolute atomic E-state index is 12.1. The van der Waals surface area contributed by atoms with Gasteiger partial charge in [-0.1, -0.05) is 27.0 Å². The minimum atomic E-state index is 0.0160. The molecule has 0 amide bonds. The molecule has 0 saturated carbocycles. The fraction of sp³-hybridized carbons (Fsp3) is 0.333. The van der Waals surface area contributed by atoms with Gasteiger partial charge in [-0.05, 0) is 22.8 Å². The number of allylic oxidation sites excluding steroid dienone is 1. The third-order valence-corrected chi connectivity index (χ3v) is 1.63. The summed E-state index contributed by atoms with van der Waals surface area (Å²) in [6.45, 7) is 12.8. The molecule has 0 bridgehead atoms. The van der Waals surface area contributed by atoms with E-state index in [1.807, 2.05) is 13.8 Å². The van der Waals surface area contributed by atoms with E-state index >= 15 is 0 Å². The van der Waals surface area contributed by atoms with Gasteiger partial charge in [0.2, 0.25) is 0 Å². The van der Waals surface area contributed by atoms with E-state index in [1.165, 1.54) is 0 Å². The molecule has 5 heteroatoms. The van der Waals surface area contributed by atoms with Gasteiger partial charge in [-0.2, -0.15) is 3.89 Å². The van der Waals surface area contributed by atoms with Gasteiger partial charge >= 0.3 is 0 Å². The molecule has 0 saturated heterocycles. The van der Waals surface area contributed by atoms with Crippen LogP contribution in [0.15, 0.2) is 17.8 Å². The lowest BCUT2D eigenvalue weighted by Crippen LogP contribution is -1.85. The Labute approximate surface area is 87.3 Å². The predicted molar refractivity (Wildman–Crippen MR) is 58.1 cm³/mol. The molecule has 0 fully saturated rings. The first-order chi connectivity index (χ1) is 6.66. The molecule has 14 heavy (non-hydrogen) atoms. The summed E-state index contributed by atoms with van der Waals surface area (Å²) < 4.78 is 16.5. The van der Waals surface area contributed by atoms with Gasteiger partial charge in [0.1, 0.15) is 5.69 Å². The molecule has 0 N–H and O–H groups in total. The first-order valence-corrected chi connectivity index (χ1v) is 4.84. The second-order valence-electron chi connectivity index (χ2n) is 2.24. The van der Waals surface area contributed by atoms with Crippen LogP contribution in [-0.4, -0.2) is 10.3 Å². The topological polar surface area (TPSA) is 38.9 Å². The summed E-state index contributed by atoms with van der Waals surface area (Å²) in [6, 6.07) is 0. The van der Waals surface area contributed by atoms with Gasteiger partial charge in [-0.15, -0.1) is 0 Å². The Morgan fingerprint density at radius 2 is 1.79 bits per heavy atom. The number of rotatable bonds is 3. The average molecular weight is 216 g/mol. The molecule has 1 aromatic rings. The number of aromatic nitrogens is 2. The van der Waals surface area contributed by atoms with E-state index in [1.54, 1.807) is 6.92 Å². The Morgan fingerprint density at radius 3 is 2.21 bits per heavy atom. The molecule has 0 aliphatic carbocycles. The average Bonchev–Trinajstić information content (AvgIpc) is 2.68. The van der Waals surface area contributed by atoms with Crippen molar-refractivity contribution < 1.29 is 8.51 Å². The Kier molecular flexibility index (Phi) is 5.87. The minimum Gasteiger partial charge on any atom is -0.243 e. The van der Waals surface area contributed by atoms with Crippen molar-refractivity contribution in [2.75, 3.05) is 0 Å². The number of hydrogen-bond donors (Lipinski definition) is 0. The fourth-order valence-electron chi connectivity index (χ4n) is 0.688. The van der Waals surface area contributed by atoms with Crippen LogP contribution in [-0.2, 0) is 0 Å². The Morgan fingerprint density at radius 1 is 1.29 bits per heavy atom. The van der Waals surface area contributed by atoms with Gasteiger partial charge in [0, 0.05) is 0 Å². The maximum Gasteiger partial charge on any atom is 0.151 e. The zero-order valence-electron chi connectivity index (χ0n) is 8.50. The minimum absolute atomic E-state index is 0.0160. The molecule has 0 unspecified atom stereocenters. The largest absolute Gasteiger partial charge is 0.243 e. The van der Waals surface area contributed by atoms with Crippen LogP contribution in [0.4, 0.5) is 3.89 Å². The summed E-state index contributed by atoms with van der Waals surface area (Å²) in [5.74, 6) is 0. The monoisotopic (exact) mass is 216 g/mol. The Hall–Kier alpha value is -1.10. The van der Waals surface area contributed by atoms with Crippen molar-refractivity contribution >= 4 is 22.6 Å². The highest BCUT2D eigenvalue weighted by atomic mass is 32.2. The van der Waals surface area contributed by atoms with Crippen LogP contribution in [0.2, 0.25) is 0 Å². The van der Waals surface area contributed by atoms with Gasteiger partial charge in [-0.25, -0.2) is 4.63 Å². The van der Waals surface area contributed by atoms with Gasteiger partial charge in [0.05, 0.1) is 17.1 Å². The summed E-state index contributed by atoms with van der Waals surface area (Å²) in [6.07, 6.45) is 0. The van der Waals surface area contributed by atoms with Crippen LogP contribution in [0.1, 0.15) is 32.2 Å². The summed E-state index contributed by atoms with van der Waals surface area (Å²) in [7, 11) is 0. The summed E-state index contributed by atoms with van der Waals surface area (Å²) in [4.78, 5) is 0.175. The molecule has 0 aromatic carbocycles. The van der Waals surface area contributed by atoms with Crippen LogP contribution >= 0.6 is 12.1 Å². The van der Waals surface area contributed by atoms with Crippen LogP contribution in [0.25, 0.3) is 10.5 Å². The third-order valence-electron chi connectivity index (χ3n) is 1.25. The SMILES string of the molecule is C=C(C)c1nonc1C(=C)SF.CC. The van der Waals surface area contributed by atoms with Crippen LogP contribution in [0.3, 0.4) is 0 Å². The normalized spacial score (nSPS) is 8.86. The first kappa shape index (κ1) is 12.9. The van der Waals surface area contributed by atoms with Gasteiger partial charge < -0.3 is 0 Å². The van der Waals surface area contributed by atoms with Crippen molar-refractivity contribution in [3.63, 3.8) is 0 Å². The van der Waals surface area contributed by atoms with E-state index in [9.17, 15) is 3.89 Å². The maximum atomic E-state index is 12.1. The van der Waals surface area contributed by atoms with Crippen molar-refractivity contribution in [3.8, 4) is 0 Å². The Balaban J connectivity index is 0.000000791. The fourth-order valence-corrected chi connectivity index (χ4v) is 0.895. The van der Waals surface area contributed by atoms with E-state index < -0.39 is 0 Å². The quantitative estimate of drug-likeness (QED) is 0.772. The van der Waals surface area contributed by atoms with Crippen LogP contribution in [0, 0.1) is 0 Å². The summed E-state index contributed by atoms with van der Waals surface area (Å²) in [5.41, 5.74) is 1.43. The van der Waals surface area contributed by atoms with Gasteiger partial charge in [0.25, 0.3) is 0 Å². The number of halogens is 1. The van der Waals surface area contributed by atoms with Crippen LogP contribution < -0.4 is 0 Å². The molecule has 0 aliphatic heterocycles. The molecule has 1 aromatic heterocycles. The smallest absolute Gasteiger partial charge is 0.151 e. The first-order valence-electron chi connectivity index (χ1n) is 4.13. The van der Waals surface area contributed by atoms with E-state index in [0.29, 0.717) is 17.0 Å². The molecule has 3 nitrogen and oxygen atoms in total. The molecule has 0 aliphatic rings. The zero-order chi connectivity index (χ0) is 11.1. The van der Waals surface area contributed by atoms with E-state index in [0.717, 1.165) is 0 Å². The lowest BCUT2D eigenvalue weighted by Gasteiger charge is -1.94. The highest BCUT2D eigenvalue weighted by Gasteiger charge is 2.13. The van der Waals surface area contributed by atoms with E-state index in [-0.39, 0.29) is 17.1 Å². The lowest BCUT2D eigenvalue weighted by molar-refractivity contribution is 0.305. The molecule has 0 radical (unpaired) electrons. The van der Waals surface area contributed by atoms with Crippen LogP contribution in [0.5, 0.6) is 0 Å². The molecule has 0 spiro atoms. The lowest BCUT2D eigenvalue weighted by atomic mass is 10.2. The third kappa shape index (κ3) is 2.99. The molecular formula is C9H13FN2OS. The van der Waals surface area contributed by atoms with E-state index in [2.05, 4.69) is 28.1 Å². The van der Waals surface area contributed by atoms with Crippen molar-refractivity contribution in [1.82, 2.24) is 10.3 Å². The standard InChI is InChI=1S/C7H7FN2OS.C2H6/c1-4(2)6-7(5(3)12-8)10-11-9-6;1-2/h1,3H2,2H3;1-2H3. The van der Waals surface area contributed by atoms with Gasteiger partial charge in [0.15, 0.2) is 5.69 Å². The Bertz CT molecular complexity index is 322. The molecule has 1 rings (SSSR count). The highest BCUT2D eigenvalue weighted by molar-refractivity contribution is 8.03. The number of hydrogen-bond acceptors (Lipinski definition) is 4. The van der Waals surface area contributed by atoms with Crippen molar-refractivity contribution in [3.05, 3.63) is 24.5 Å². The molecular weight excluding hydrogens is 203 g/mol. The second-order valence-corrected chi connectivity index (χ2v) is 2.89. The molecule has 0 atom stereocenters. The zero-order valence-corrected chi connectivity index (χ0v) is 9.32. The summed E-state index contributed by atoms with van der Waals surface area (Å²) in [5, 5.41) is 7.06. The second kappa shape index (κ2) is 6.37. The molecule has 78 valence electrons. The summed E-state index contributed by atoms with van der Waals surface area (Å²) >= 11 is 0.0160. The van der Waals surface area contributed by atoms with Crippen molar-refractivity contribution in [1.29, 1.82) is 0 Å². The highest BCUT2D eigenvalue weighted by Crippen LogP contribution is 2.28. The number of nitrogens with zero attached hydrogens (tertiary/aromatic N) is 2. The van der Waals surface area contributed by atoms with Crippen molar-refractivity contribution in [2.24, 2.45) is 0 Å². The van der Waals surface area contributed by atoms with Gasteiger partial charge in [-0.3, -0.25) is 0 Å². The predicted octanol–water partition coefficient (Wildman–Crippen LogP) is 3.72. The molecule has 1 heterocycles. The van der Waals surface area contributed by atoms with Crippen molar-refractivity contribution in [2.45, 2.75) is 20.8 Å².